The summed E-state index contributed by atoms with van der Waals surface area (Å²) in [6, 6.07) is 14.6. The molecule has 1 saturated heterocycles. The molecule has 1 aromatic heterocycles. The predicted octanol–water partition coefficient (Wildman–Crippen LogP) is 2.95. The molecule has 6 heteroatoms. The third-order valence-corrected chi connectivity index (χ3v) is 5.29. The average molecular weight is 377 g/mol. The topological polar surface area (TPSA) is 64.4 Å². The molecule has 0 saturated carbocycles. The zero-order valence-electron chi connectivity index (χ0n) is 16.1. The molecule has 1 atom stereocenters. The molecule has 3 aromatic rings. The highest BCUT2D eigenvalue weighted by Crippen LogP contribution is 2.18. The minimum atomic E-state index is -0.191. The normalized spacial score (nSPS) is 17.1. The fourth-order valence-electron chi connectivity index (χ4n) is 3.72. The molecule has 0 spiro atoms. The number of amides is 1. The van der Waals surface area contributed by atoms with E-state index < -0.39 is 0 Å². The lowest BCUT2D eigenvalue weighted by Crippen LogP contribution is -2.48. The van der Waals surface area contributed by atoms with Gasteiger partial charge >= 0.3 is 0 Å². The number of rotatable bonds is 3. The van der Waals surface area contributed by atoms with Crippen LogP contribution in [0.15, 0.2) is 53.3 Å². The summed E-state index contributed by atoms with van der Waals surface area (Å²) in [7, 11) is 0. The molecular weight excluding hydrogens is 354 g/mol. The highest BCUT2D eigenvalue weighted by atomic mass is 16.5. The Morgan fingerprint density at radius 1 is 1.18 bits per heavy atom. The molecule has 1 amide bonds. The summed E-state index contributed by atoms with van der Waals surface area (Å²) in [6.45, 7) is 5.62. The number of morpholine rings is 1. The first-order valence-electron chi connectivity index (χ1n) is 9.58. The fourth-order valence-corrected chi connectivity index (χ4v) is 3.72. The molecule has 4 rings (SSSR count). The summed E-state index contributed by atoms with van der Waals surface area (Å²) >= 11 is 0. The van der Waals surface area contributed by atoms with Crippen molar-refractivity contribution in [3.8, 4) is 5.69 Å². The molecule has 1 fully saturated rings. The maximum absolute atomic E-state index is 13.1. The number of carbonyl (C=O) groups is 1. The van der Waals surface area contributed by atoms with Crippen LogP contribution in [0.2, 0.25) is 0 Å². The Hall–Kier alpha value is -2.99. The van der Waals surface area contributed by atoms with Gasteiger partial charge in [-0.2, -0.15) is 9.78 Å². The smallest absolute Gasteiger partial charge is 0.279 e. The SMILES string of the molecule is CC[C@H]1COCCN1C(=O)c1cccc(-n2nc(C)c3ccccc3c2=O)c1. The van der Waals surface area contributed by atoms with E-state index in [1.54, 1.807) is 30.3 Å². The van der Waals surface area contributed by atoms with Crippen molar-refractivity contribution in [3.05, 3.63) is 70.1 Å². The van der Waals surface area contributed by atoms with Gasteiger partial charge in [0.2, 0.25) is 0 Å². The molecule has 6 nitrogen and oxygen atoms in total. The molecule has 1 aliphatic rings. The Labute approximate surface area is 163 Å². The third kappa shape index (κ3) is 3.20. The zero-order chi connectivity index (χ0) is 19.7. The Morgan fingerprint density at radius 3 is 2.75 bits per heavy atom. The van der Waals surface area contributed by atoms with Crippen molar-refractivity contribution in [2.24, 2.45) is 0 Å². The van der Waals surface area contributed by atoms with E-state index in [9.17, 15) is 9.59 Å². The van der Waals surface area contributed by atoms with Crippen molar-refractivity contribution in [2.75, 3.05) is 19.8 Å². The van der Waals surface area contributed by atoms with Gasteiger partial charge in [0.25, 0.3) is 11.5 Å². The highest BCUT2D eigenvalue weighted by Gasteiger charge is 2.27. The number of fused-ring (bicyclic) bond motifs is 1. The van der Waals surface area contributed by atoms with Crippen molar-refractivity contribution < 1.29 is 9.53 Å². The second kappa shape index (κ2) is 7.56. The predicted molar refractivity (Wildman–Crippen MR) is 108 cm³/mol. The van der Waals surface area contributed by atoms with Crippen LogP contribution in [0.25, 0.3) is 16.5 Å². The molecule has 0 aliphatic carbocycles. The maximum atomic E-state index is 13.1. The van der Waals surface area contributed by atoms with Gasteiger partial charge in [-0.05, 0) is 37.6 Å². The van der Waals surface area contributed by atoms with E-state index in [0.717, 1.165) is 17.5 Å². The lowest BCUT2D eigenvalue weighted by Gasteiger charge is -2.35. The summed E-state index contributed by atoms with van der Waals surface area (Å²) in [4.78, 5) is 27.9. The van der Waals surface area contributed by atoms with Gasteiger partial charge in [-0.3, -0.25) is 9.59 Å². The maximum Gasteiger partial charge on any atom is 0.279 e. The van der Waals surface area contributed by atoms with E-state index in [1.807, 2.05) is 30.0 Å². The Balaban J connectivity index is 1.75. The second-order valence-corrected chi connectivity index (χ2v) is 7.03. The van der Waals surface area contributed by atoms with Crippen LogP contribution in [0, 0.1) is 6.92 Å². The summed E-state index contributed by atoms with van der Waals surface area (Å²) in [5.74, 6) is -0.0393. The van der Waals surface area contributed by atoms with Crippen molar-refractivity contribution in [3.63, 3.8) is 0 Å². The van der Waals surface area contributed by atoms with Gasteiger partial charge in [-0.1, -0.05) is 31.2 Å². The van der Waals surface area contributed by atoms with Gasteiger partial charge < -0.3 is 9.64 Å². The molecule has 2 aromatic carbocycles. The Morgan fingerprint density at radius 2 is 1.96 bits per heavy atom. The Bertz CT molecular complexity index is 1090. The summed E-state index contributed by atoms with van der Waals surface area (Å²) in [5.41, 5.74) is 1.72. The van der Waals surface area contributed by atoms with Gasteiger partial charge in [-0.15, -0.1) is 0 Å². The third-order valence-electron chi connectivity index (χ3n) is 5.29. The van der Waals surface area contributed by atoms with Crippen LogP contribution < -0.4 is 5.56 Å². The van der Waals surface area contributed by atoms with E-state index in [4.69, 9.17) is 4.74 Å². The van der Waals surface area contributed by atoms with Gasteiger partial charge in [0.1, 0.15) is 0 Å². The first-order valence-corrected chi connectivity index (χ1v) is 9.58. The first-order chi connectivity index (χ1) is 13.6. The number of carbonyl (C=O) groups excluding carboxylic acids is 1. The van der Waals surface area contributed by atoms with Crippen molar-refractivity contribution in [1.29, 1.82) is 0 Å². The molecule has 0 N–H and O–H groups in total. The Kier molecular flexibility index (Phi) is 4.96. The van der Waals surface area contributed by atoms with Crippen LogP contribution in [0.5, 0.6) is 0 Å². The lowest BCUT2D eigenvalue weighted by atomic mass is 10.1. The van der Waals surface area contributed by atoms with Crippen LogP contribution in [-0.4, -0.2) is 46.4 Å². The molecular formula is C22H23N3O3. The number of hydrogen-bond donors (Lipinski definition) is 0. The van der Waals surface area contributed by atoms with E-state index in [1.165, 1.54) is 4.68 Å². The largest absolute Gasteiger partial charge is 0.377 e. The van der Waals surface area contributed by atoms with E-state index in [-0.39, 0.29) is 17.5 Å². The van der Waals surface area contributed by atoms with Crippen molar-refractivity contribution in [2.45, 2.75) is 26.3 Å². The van der Waals surface area contributed by atoms with Crippen molar-refractivity contribution >= 4 is 16.7 Å². The van der Waals surface area contributed by atoms with Crippen LogP contribution in [0.3, 0.4) is 0 Å². The van der Waals surface area contributed by atoms with Crippen molar-refractivity contribution in [1.82, 2.24) is 14.7 Å². The van der Waals surface area contributed by atoms with E-state index >= 15 is 0 Å². The number of hydrogen-bond acceptors (Lipinski definition) is 4. The fraction of sp³-hybridized carbons (Fsp3) is 0.318. The minimum absolute atomic E-state index is 0.0393. The van der Waals surface area contributed by atoms with E-state index in [0.29, 0.717) is 36.4 Å². The lowest BCUT2D eigenvalue weighted by molar-refractivity contribution is -0.00279. The van der Waals surface area contributed by atoms with Crippen LogP contribution in [-0.2, 0) is 4.74 Å². The molecule has 0 bridgehead atoms. The molecule has 144 valence electrons. The molecule has 0 unspecified atom stereocenters. The number of aryl methyl sites for hydroxylation is 1. The average Bonchev–Trinajstić information content (AvgIpc) is 2.76. The monoisotopic (exact) mass is 377 g/mol. The number of nitrogens with zero attached hydrogens (tertiary/aromatic N) is 3. The number of aromatic nitrogens is 2. The molecule has 2 heterocycles. The molecule has 0 radical (unpaired) electrons. The summed E-state index contributed by atoms with van der Waals surface area (Å²) < 4.78 is 6.88. The number of ether oxygens (including phenoxy) is 1. The van der Waals surface area contributed by atoms with Gasteiger partial charge in [-0.25, -0.2) is 0 Å². The summed E-state index contributed by atoms with van der Waals surface area (Å²) in [5, 5.41) is 5.93. The second-order valence-electron chi connectivity index (χ2n) is 7.03. The van der Waals surface area contributed by atoms with E-state index in [2.05, 4.69) is 12.0 Å². The van der Waals surface area contributed by atoms with Gasteiger partial charge in [0.15, 0.2) is 0 Å². The van der Waals surface area contributed by atoms with Crippen LogP contribution in [0.1, 0.15) is 29.4 Å². The molecule has 1 aliphatic heterocycles. The minimum Gasteiger partial charge on any atom is -0.377 e. The summed E-state index contributed by atoms with van der Waals surface area (Å²) in [6.07, 6.45) is 0.844. The molecule has 28 heavy (non-hydrogen) atoms. The zero-order valence-corrected chi connectivity index (χ0v) is 16.1. The standard InChI is InChI=1S/C22H23N3O3/c1-3-17-14-28-12-11-24(17)21(26)16-7-6-8-18(13-16)25-22(27)20-10-5-4-9-19(20)15(2)23-25/h4-10,13,17H,3,11-12,14H2,1-2H3/t17-/m0/s1. The van der Waals surface area contributed by atoms with Gasteiger partial charge in [0, 0.05) is 17.5 Å². The first kappa shape index (κ1) is 18.4. The van der Waals surface area contributed by atoms with Crippen LogP contribution >= 0.6 is 0 Å². The van der Waals surface area contributed by atoms with Crippen LogP contribution in [0.4, 0.5) is 0 Å². The highest BCUT2D eigenvalue weighted by molar-refractivity contribution is 5.95. The number of benzene rings is 2. The van der Waals surface area contributed by atoms with Gasteiger partial charge in [0.05, 0.1) is 36.0 Å². The quantitative estimate of drug-likeness (QED) is 0.704.